The highest BCUT2D eigenvalue weighted by Crippen LogP contribution is 2.25. The molecule has 1 aliphatic rings. The molecule has 2 nitrogen and oxygen atoms in total. The Kier molecular flexibility index (Phi) is 3.27. The first-order valence-electron chi connectivity index (χ1n) is 4.88. The average molecular weight is 169 g/mol. The Bertz CT molecular complexity index is 163. The maximum Gasteiger partial charge on any atom is 0.149 e. The van der Waals surface area contributed by atoms with Gasteiger partial charge >= 0.3 is 0 Å². The van der Waals surface area contributed by atoms with Gasteiger partial charge in [-0.25, -0.2) is 0 Å². The smallest absolute Gasteiger partial charge is 0.149 e. The molecule has 70 valence electrons. The normalized spacial score (nSPS) is 19.7. The molecule has 0 radical (unpaired) electrons. The van der Waals surface area contributed by atoms with Crippen molar-refractivity contribution < 1.29 is 4.79 Å². The lowest BCUT2D eigenvalue weighted by Crippen LogP contribution is -2.30. The minimum absolute atomic E-state index is 0.242. The lowest BCUT2D eigenvalue weighted by atomic mass is 10.0. The number of rotatable bonds is 5. The van der Waals surface area contributed by atoms with Gasteiger partial charge in [0.25, 0.3) is 0 Å². The summed E-state index contributed by atoms with van der Waals surface area (Å²) in [4.78, 5) is 13.7. The van der Waals surface area contributed by atoms with Crippen LogP contribution >= 0.6 is 0 Å². The van der Waals surface area contributed by atoms with Crippen molar-refractivity contribution in [3.63, 3.8) is 0 Å². The summed E-state index contributed by atoms with van der Waals surface area (Å²) in [7, 11) is 2.05. The first kappa shape index (κ1) is 9.72. The first-order chi connectivity index (χ1) is 5.65. The molecule has 0 N–H and O–H groups in total. The molecule has 1 atom stereocenters. The van der Waals surface area contributed by atoms with E-state index in [-0.39, 0.29) is 5.92 Å². The molecule has 1 unspecified atom stereocenters. The van der Waals surface area contributed by atoms with E-state index < -0.39 is 0 Å². The van der Waals surface area contributed by atoms with Gasteiger partial charge in [-0.2, -0.15) is 0 Å². The topological polar surface area (TPSA) is 20.3 Å². The Hall–Kier alpha value is -0.370. The van der Waals surface area contributed by atoms with Crippen LogP contribution in [0.15, 0.2) is 0 Å². The molecular formula is C10H19NO. The molecule has 2 heteroatoms. The number of likely N-dealkylation sites (N-methyl/N-ethyl adjacent to an activating group) is 1. The summed E-state index contributed by atoms with van der Waals surface area (Å²) in [6, 6.07) is 0.706. The number of hydrogen-bond acceptors (Lipinski definition) is 2. The summed E-state index contributed by atoms with van der Waals surface area (Å²) in [6.45, 7) is 4.74. The Morgan fingerprint density at radius 3 is 2.58 bits per heavy atom. The van der Waals surface area contributed by atoms with E-state index in [9.17, 15) is 4.79 Å². The molecule has 0 spiro atoms. The molecule has 0 heterocycles. The van der Waals surface area contributed by atoms with E-state index in [1.54, 1.807) is 0 Å². The fraction of sp³-hybridized carbons (Fsp3) is 0.900. The van der Waals surface area contributed by atoms with Crippen LogP contribution in [0.25, 0.3) is 0 Å². The number of Topliss-reactive ketones (excluding diaryl/α,β-unsaturated/α-hetero) is 1. The molecular weight excluding hydrogens is 150 g/mol. The summed E-state index contributed by atoms with van der Waals surface area (Å²) in [5.41, 5.74) is 0. The second-order valence-electron chi connectivity index (χ2n) is 3.92. The zero-order chi connectivity index (χ0) is 9.14. The number of carbonyl (C=O) groups excluding carboxylic acids is 1. The summed E-state index contributed by atoms with van der Waals surface area (Å²) >= 11 is 0. The lowest BCUT2D eigenvalue weighted by molar-refractivity contribution is -0.123. The molecule has 0 aromatic carbocycles. The second kappa shape index (κ2) is 4.04. The maximum absolute atomic E-state index is 11.5. The van der Waals surface area contributed by atoms with Crippen molar-refractivity contribution >= 4 is 5.78 Å². The molecule has 1 saturated carbocycles. The Labute approximate surface area is 74.9 Å². The first-order valence-corrected chi connectivity index (χ1v) is 4.88. The second-order valence-corrected chi connectivity index (χ2v) is 3.92. The highest BCUT2D eigenvalue weighted by molar-refractivity contribution is 5.82. The molecule has 0 aliphatic heterocycles. The van der Waals surface area contributed by atoms with Crippen molar-refractivity contribution in [1.82, 2.24) is 4.90 Å². The van der Waals surface area contributed by atoms with Gasteiger partial charge in [0, 0.05) is 12.0 Å². The van der Waals surface area contributed by atoms with Crippen molar-refractivity contribution in [3.8, 4) is 0 Å². The van der Waals surface area contributed by atoms with Gasteiger partial charge in [-0.15, -0.1) is 0 Å². The van der Waals surface area contributed by atoms with Crippen LogP contribution in [0.3, 0.4) is 0 Å². The van der Waals surface area contributed by atoms with E-state index in [2.05, 4.69) is 18.9 Å². The molecule has 12 heavy (non-hydrogen) atoms. The molecule has 1 rings (SSSR count). The molecule has 0 aromatic rings. The largest absolute Gasteiger partial charge is 0.298 e. The molecule has 0 aromatic heterocycles. The zero-order valence-electron chi connectivity index (χ0n) is 8.34. The third kappa shape index (κ3) is 2.59. The third-order valence-electron chi connectivity index (χ3n) is 2.74. The molecule has 0 amide bonds. The van der Waals surface area contributed by atoms with Crippen LogP contribution in [0, 0.1) is 5.92 Å². The van der Waals surface area contributed by atoms with Gasteiger partial charge in [0.15, 0.2) is 0 Å². The minimum atomic E-state index is 0.242. The van der Waals surface area contributed by atoms with Crippen molar-refractivity contribution in [2.75, 3.05) is 13.6 Å². The van der Waals surface area contributed by atoms with E-state index in [4.69, 9.17) is 0 Å². The maximum atomic E-state index is 11.5. The van der Waals surface area contributed by atoms with Crippen LogP contribution in [-0.4, -0.2) is 30.3 Å². The fourth-order valence-electron chi connectivity index (χ4n) is 1.27. The van der Waals surface area contributed by atoms with Crippen molar-refractivity contribution in [2.24, 2.45) is 5.92 Å². The summed E-state index contributed by atoms with van der Waals surface area (Å²) < 4.78 is 0. The zero-order valence-corrected chi connectivity index (χ0v) is 8.34. The molecule has 0 saturated heterocycles. The molecule has 1 fully saturated rings. The molecule has 0 bridgehead atoms. The van der Waals surface area contributed by atoms with Crippen LogP contribution in [-0.2, 0) is 4.79 Å². The highest BCUT2D eigenvalue weighted by atomic mass is 16.1. The van der Waals surface area contributed by atoms with Gasteiger partial charge in [-0.3, -0.25) is 9.69 Å². The Morgan fingerprint density at radius 2 is 2.17 bits per heavy atom. The van der Waals surface area contributed by atoms with Gasteiger partial charge in [-0.05, 0) is 26.3 Å². The standard InChI is InChI=1S/C10H19NO/c1-4-8(2)10(12)7-11(3)9-5-6-9/h8-9H,4-7H2,1-3H3. The van der Waals surface area contributed by atoms with Gasteiger partial charge in [0.05, 0.1) is 6.54 Å². The predicted molar refractivity (Wildman–Crippen MR) is 50.1 cm³/mol. The minimum Gasteiger partial charge on any atom is -0.298 e. The number of carbonyl (C=O) groups is 1. The van der Waals surface area contributed by atoms with Gasteiger partial charge in [-0.1, -0.05) is 13.8 Å². The number of ketones is 1. The summed E-state index contributed by atoms with van der Waals surface area (Å²) in [5, 5.41) is 0. The van der Waals surface area contributed by atoms with Crippen LogP contribution in [0.4, 0.5) is 0 Å². The Morgan fingerprint density at radius 1 is 1.58 bits per heavy atom. The van der Waals surface area contributed by atoms with Crippen LogP contribution in [0.5, 0.6) is 0 Å². The fourth-order valence-corrected chi connectivity index (χ4v) is 1.27. The predicted octanol–water partition coefficient (Wildman–Crippen LogP) is 1.70. The average Bonchev–Trinajstić information content (AvgIpc) is 2.84. The quantitative estimate of drug-likeness (QED) is 0.624. The van der Waals surface area contributed by atoms with Crippen molar-refractivity contribution in [1.29, 1.82) is 0 Å². The highest BCUT2D eigenvalue weighted by Gasteiger charge is 2.27. The van der Waals surface area contributed by atoms with E-state index >= 15 is 0 Å². The van der Waals surface area contributed by atoms with Gasteiger partial charge < -0.3 is 0 Å². The van der Waals surface area contributed by atoms with E-state index in [1.165, 1.54) is 12.8 Å². The van der Waals surface area contributed by atoms with E-state index in [0.29, 0.717) is 18.4 Å². The SMILES string of the molecule is CCC(C)C(=O)CN(C)C1CC1. The monoisotopic (exact) mass is 169 g/mol. The third-order valence-corrected chi connectivity index (χ3v) is 2.74. The van der Waals surface area contributed by atoms with E-state index in [0.717, 1.165) is 6.42 Å². The summed E-state index contributed by atoms with van der Waals surface area (Å²) in [6.07, 6.45) is 3.53. The van der Waals surface area contributed by atoms with Crippen LogP contribution in [0.2, 0.25) is 0 Å². The van der Waals surface area contributed by atoms with Crippen LogP contribution in [0.1, 0.15) is 33.1 Å². The van der Waals surface area contributed by atoms with E-state index in [1.807, 2.05) is 6.92 Å². The lowest BCUT2D eigenvalue weighted by Gasteiger charge is -2.16. The van der Waals surface area contributed by atoms with Crippen LogP contribution < -0.4 is 0 Å². The van der Waals surface area contributed by atoms with Crippen molar-refractivity contribution in [2.45, 2.75) is 39.2 Å². The molecule has 1 aliphatic carbocycles. The Balaban J connectivity index is 2.24. The van der Waals surface area contributed by atoms with Gasteiger partial charge in [0.2, 0.25) is 0 Å². The number of nitrogens with zero attached hydrogens (tertiary/aromatic N) is 1. The number of hydrogen-bond donors (Lipinski definition) is 0. The summed E-state index contributed by atoms with van der Waals surface area (Å²) in [5.74, 6) is 0.637. The van der Waals surface area contributed by atoms with Gasteiger partial charge in [0.1, 0.15) is 5.78 Å². The van der Waals surface area contributed by atoms with Crippen molar-refractivity contribution in [3.05, 3.63) is 0 Å².